The fraction of sp³-hybridized carbons (Fsp3) is 0.810. The lowest BCUT2D eigenvalue weighted by atomic mass is 9.84. The van der Waals surface area contributed by atoms with Crippen LogP contribution in [0, 0.1) is 5.41 Å². The predicted molar refractivity (Wildman–Crippen MR) is 111 cm³/mol. The Bertz CT molecular complexity index is 545. The number of nitrogens with one attached hydrogen (secondary N) is 3. The zero-order valence-corrected chi connectivity index (χ0v) is 18.7. The lowest BCUT2D eigenvalue weighted by Crippen LogP contribution is -2.45. The second-order valence-electron chi connectivity index (χ2n) is 9.39. The van der Waals surface area contributed by atoms with E-state index in [9.17, 15) is 19.2 Å². The van der Waals surface area contributed by atoms with Crippen LogP contribution in [0.4, 0.5) is 0 Å². The Morgan fingerprint density at radius 3 is 1.96 bits per heavy atom. The number of amides is 2. The number of hydrogen-bond acceptors (Lipinski definition) is 5. The van der Waals surface area contributed by atoms with Crippen molar-refractivity contribution in [3.05, 3.63) is 0 Å². The van der Waals surface area contributed by atoms with Gasteiger partial charge >= 0.3 is 0 Å². The zero-order valence-electron chi connectivity index (χ0n) is 18.7. The molecule has 3 N–H and O–H groups in total. The molecular weight excluding hydrogens is 358 g/mol. The van der Waals surface area contributed by atoms with Gasteiger partial charge in [-0.05, 0) is 47.0 Å². The Morgan fingerprint density at radius 1 is 0.857 bits per heavy atom. The SMILES string of the molecule is CC(=O)CCC(=O)NC(CCCCNC(=O)CNC(C)(C)C)C(=O)C(C)(C)C. The van der Waals surface area contributed by atoms with Gasteiger partial charge in [-0.3, -0.25) is 14.4 Å². The molecule has 0 aliphatic heterocycles. The molecule has 0 aromatic heterocycles. The highest BCUT2D eigenvalue weighted by Gasteiger charge is 2.30. The predicted octanol–water partition coefficient (Wildman–Crippen LogP) is 2.13. The minimum atomic E-state index is -0.572. The number of Topliss-reactive ketones (excluding diaryl/α,β-unsaturated/α-hetero) is 2. The summed E-state index contributed by atoms with van der Waals surface area (Å²) in [6, 6.07) is -0.572. The van der Waals surface area contributed by atoms with Gasteiger partial charge in [0.2, 0.25) is 11.8 Å². The van der Waals surface area contributed by atoms with E-state index in [1.807, 2.05) is 41.5 Å². The van der Waals surface area contributed by atoms with Crippen LogP contribution >= 0.6 is 0 Å². The third kappa shape index (κ3) is 13.4. The summed E-state index contributed by atoms with van der Waals surface area (Å²) < 4.78 is 0. The summed E-state index contributed by atoms with van der Waals surface area (Å²) in [5, 5.41) is 8.75. The van der Waals surface area contributed by atoms with Crippen LogP contribution < -0.4 is 16.0 Å². The van der Waals surface area contributed by atoms with E-state index < -0.39 is 11.5 Å². The molecule has 1 unspecified atom stereocenters. The first-order valence-corrected chi connectivity index (χ1v) is 10.1. The number of rotatable bonds is 12. The van der Waals surface area contributed by atoms with Crippen molar-refractivity contribution >= 4 is 23.4 Å². The van der Waals surface area contributed by atoms with Gasteiger partial charge in [0.25, 0.3) is 0 Å². The molecule has 0 aliphatic rings. The van der Waals surface area contributed by atoms with Gasteiger partial charge in [0, 0.05) is 30.3 Å². The van der Waals surface area contributed by atoms with Gasteiger partial charge in [-0.25, -0.2) is 0 Å². The zero-order chi connectivity index (χ0) is 22.0. The van der Waals surface area contributed by atoms with E-state index in [4.69, 9.17) is 0 Å². The molecule has 28 heavy (non-hydrogen) atoms. The lowest BCUT2D eigenvalue weighted by Gasteiger charge is -2.25. The minimum absolute atomic E-state index is 0.0258. The van der Waals surface area contributed by atoms with Gasteiger partial charge in [0.15, 0.2) is 5.78 Å². The standard InChI is InChI=1S/C21H39N3O4/c1-15(25)11-12-17(26)24-16(19(28)20(2,3)4)10-8-9-13-22-18(27)14-23-21(5,6)7/h16,23H,8-14H2,1-7H3,(H,22,27)(H,24,26). The molecule has 0 saturated heterocycles. The average molecular weight is 398 g/mol. The fourth-order valence-electron chi connectivity index (χ4n) is 2.46. The molecule has 2 amide bonds. The highest BCUT2D eigenvalue weighted by molar-refractivity contribution is 5.93. The Morgan fingerprint density at radius 2 is 1.46 bits per heavy atom. The van der Waals surface area contributed by atoms with Crippen molar-refractivity contribution in [3.8, 4) is 0 Å². The Hall–Kier alpha value is -1.76. The Balaban J connectivity index is 4.42. The molecular formula is C21H39N3O4. The van der Waals surface area contributed by atoms with Crippen molar-refractivity contribution in [2.75, 3.05) is 13.1 Å². The van der Waals surface area contributed by atoms with Crippen LogP contribution in [0.1, 0.15) is 80.6 Å². The maximum Gasteiger partial charge on any atom is 0.233 e. The number of unbranched alkanes of at least 4 members (excludes halogenated alkanes) is 1. The number of carbonyl (C=O) groups is 4. The first-order valence-electron chi connectivity index (χ1n) is 10.1. The number of ketones is 2. The molecule has 0 radical (unpaired) electrons. The second-order valence-corrected chi connectivity index (χ2v) is 9.39. The van der Waals surface area contributed by atoms with Gasteiger partial charge in [-0.2, -0.15) is 0 Å². The Labute approximate surface area is 169 Å². The topological polar surface area (TPSA) is 104 Å². The number of carbonyl (C=O) groups excluding carboxylic acids is 4. The van der Waals surface area contributed by atoms with E-state index in [0.717, 1.165) is 6.42 Å². The molecule has 0 rings (SSSR count). The average Bonchev–Trinajstić information content (AvgIpc) is 2.54. The quantitative estimate of drug-likeness (QED) is 0.438. The summed E-state index contributed by atoms with van der Waals surface area (Å²) in [5.74, 6) is -0.415. The van der Waals surface area contributed by atoms with Crippen LogP contribution in [-0.2, 0) is 19.2 Å². The van der Waals surface area contributed by atoms with Crippen LogP contribution in [0.15, 0.2) is 0 Å². The molecule has 0 fully saturated rings. The molecule has 0 bridgehead atoms. The van der Waals surface area contributed by atoms with E-state index in [-0.39, 0.29) is 48.3 Å². The summed E-state index contributed by atoms with van der Waals surface area (Å²) >= 11 is 0. The van der Waals surface area contributed by atoms with Crippen molar-refractivity contribution < 1.29 is 19.2 Å². The van der Waals surface area contributed by atoms with Gasteiger partial charge in [-0.15, -0.1) is 0 Å². The minimum Gasteiger partial charge on any atom is -0.355 e. The molecule has 1 atom stereocenters. The summed E-state index contributed by atoms with van der Waals surface area (Å²) in [7, 11) is 0. The lowest BCUT2D eigenvalue weighted by molar-refractivity contribution is -0.133. The molecule has 0 spiro atoms. The van der Waals surface area contributed by atoms with Crippen LogP contribution in [0.5, 0.6) is 0 Å². The molecule has 0 aromatic rings. The molecule has 0 aromatic carbocycles. The normalized spacial score (nSPS) is 13.0. The molecule has 7 heteroatoms. The van der Waals surface area contributed by atoms with Crippen molar-refractivity contribution in [2.24, 2.45) is 5.41 Å². The van der Waals surface area contributed by atoms with E-state index in [1.54, 1.807) is 0 Å². The van der Waals surface area contributed by atoms with Gasteiger partial charge < -0.3 is 20.7 Å². The summed E-state index contributed by atoms with van der Waals surface area (Å²) in [6.45, 7) is 13.7. The largest absolute Gasteiger partial charge is 0.355 e. The summed E-state index contributed by atoms with van der Waals surface area (Å²) in [6.07, 6.45) is 2.21. The smallest absolute Gasteiger partial charge is 0.233 e. The second kappa shape index (κ2) is 11.9. The first-order chi connectivity index (χ1) is 12.7. The molecule has 0 heterocycles. The van der Waals surface area contributed by atoms with Gasteiger partial charge in [-0.1, -0.05) is 20.8 Å². The molecule has 0 saturated carbocycles. The van der Waals surface area contributed by atoms with E-state index in [0.29, 0.717) is 19.4 Å². The number of hydrogen-bond donors (Lipinski definition) is 3. The van der Waals surface area contributed by atoms with Crippen LogP contribution in [0.25, 0.3) is 0 Å². The van der Waals surface area contributed by atoms with E-state index >= 15 is 0 Å². The summed E-state index contributed by atoms with van der Waals surface area (Å²) in [4.78, 5) is 47.5. The highest BCUT2D eigenvalue weighted by Crippen LogP contribution is 2.19. The van der Waals surface area contributed by atoms with Crippen molar-refractivity contribution in [2.45, 2.75) is 92.2 Å². The van der Waals surface area contributed by atoms with Gasteiger partial charge in [0.1, 0.15) is 5.78 Å². The van der Waals surface area contributed by atoms with E-state index in [1.165, 1.54) is 6.92 Å². The summed E-state index contributed by atoms with van der Waals surface area (Å²) in [5.41, 5.74) is -0.677. The molecule has 0 aliphatic carbocycles. The molecule has 7 nitrogen and oxygen atoms in total. The van der Waals surface area contributed by atoms with E-state index in [2.05, 4.69) is 16.0 Å². The third-order valence-corrected chi connectivity index (χ3v) is 4.12. The van der Waals surface area contributed by atoms with Crippen molar-refractivity contribution in [1.82, 2.24) is 16.0 Å². The molecule has 162 valence electrons. The fourth-order valence-corrected chi connectivity index (χ4v) is 2.46. The highest BCUT2D eigenvalue weighted by atomic mass is 16.2. The maximum atomic E-state index is 12.6. The van der Waals surface area contributed by atoms with Crippen molar-refractivity contribution in [3.63, 3.8) is 0 Å². The van der Waals surface area contributed by atoms with Crippen molar-refractivity contribution in [1.29, 1.82) is 0 Å². The van der Waals surface area contributed by atoms with Gasteiger partial charge in [0.05, 0.1) is 12.6 Å². The monoisotopic (exact) mass is 397 g/mol. The van der Waals surface area contributed by atoms with Crippen LogP contribution in [-0.4, -0.2) is 48.1 Å². The third-order valence-electron chi connectivity index (χ3n) is 4.12. The van der Waals surface area contributed by atoms with Crippen LogP contribution in [0.3, 0.4) is 0 Å². The van der Waals surface area contributed by atoms with Crippen LogP contribution in [0.2, 0.25) is 0 Å². The first kappa shape index (κ1) is 26.2. The Kier molecular flexibility index (Phi) is 11.2. The maximum absolute atomic E-state index is 12.6.